The Kier molecular flexibility index (Phi) is 5.83. The fourth-order valence-electron chi connectivity index (χ4n) is 2.36. The van der Waals surface area contributed by atoms with Crippen LogP contribution >= 0.6 is 0 Å². The first kappa shape index (κ1) is 16.1. The number of hydrogen-bond acceptors (Lipinski definition) is 4. The lowest BCUT2D eigenvalue weighted by atomic mass is 10.1. The molecule has 0 radical (unpaired) electrons. The van der Waals surface area contributed by atoms with Crippen molar-refractivity contribution in [2.24, 2.45) is 5.92 Å². The van der Waals surface area contributed by atoms with E-state index < -0.39 is 0 Å². The molecule has 4 nitrogen and oxygen atoms in total. The zero-order chi connectivity index (χ0) is 15.2. The molecular formula is C17H30N4. The molecule has 4 heteroatoms. The number of rotatable bonds is 9. The smallest absolute Gasteiger partial charge is 0.136 e. The van der Waals surface area contributed by atoms with Crippen LogP contribution in [0.2, 0.25) is 0 Å². The number of aromatic nitrogens is 2. The van der Waals surface area contributed by atoms with Crippen LogP contribution in [0.25, 0.3) is 0 Å². The third-order valence-electron chi connectivity index (χ3n) is 3.90. The maximum Gasteiger partial charge on any atom is 0.136 e. The van der Waals surface area contributed by atoms with Gasteiger partial charge in [0, 0.05) is 24.6 Å². The summed E-state index contributed by atoms with van der Waals surface area (Å²) in [5.74, 6) is 4.41. The van der Waals surface area contributed by atoms with E-state index in [0.29, 0.717) is 5.92 Å². The minimum atomic E-state index is 0.587. The average molecular weight is 290 g/mol. The molecule has 1 fully saturated rings. The summed E-state index contributed by atoms with van der Waals surface area (Å²) in [7, 11) is 0. The lowest BCUT2D eigenvalue weighted by molar-refractivity contribution is 0.566. The second kappa shape index (κ2) is 7.62. The van der Waals surface area contributed by atoms with Crippen LogP contribution < -0.4 is 10.6 Å². The normalized spacial score (nSPS) is 14.5. The Morgan fingerprint density at radius 3 is 2.24 bits per heavy atom. The van der Waals surface area contributed by atoms with Crippen molar-refractivity contribution in [3.8, 4) is 0 Å². The van der Waals surface area contributed by atoms with E-state index in [1.165, 1.54) is 25.7 Å². The van der Waals surface area contributed by atoms with Gasteiger partial charge >= 0.3 is 0 Å². The fourth-order valence-corrected chi connectivity index (χ4v) is 2.36. The van der Waals surface area contributed by atoms with Gasteiger partial charge in [-0.05, 0) is 44.9 Å². The van der Waals surface area contributed by atoms with Crippen molar-refractivity contribution < 1.29 is 0 Å². The van der Waals surface area contributed by atoms with Gasteiger partial charge in [-0.15, -0.1) is 0 Å². The lowest BCUT2D eigenvalue weighted by Gasteiger charge is -2.15. The number of hydrogen-bond donors (Lipinski definition) is 2. The second-order valence-corrected chi connectivity index (χ2v) is 6.57. The van der Waals surface area contributed by atoms with Gasteiger partial charge in [0.1, 0.15) is 17.5 Å². The molecule has 1 aromatic rings. The highest BCUT2D eigenvalue weighted by molar-refractivity contribution is 5.57. The van der Waals surface area contributed by atoms with Gasteiger partial charge in [0.05, 0.1) is 0 Å². The van der Waals surface area contributed by atoms with E-state index >= 15 is 0 Å². The van der Waals surface area contributed by atoms with Gasteiger partial charge in [-0.1, -0.05) is 20.8 Å². The standard InChI is InChI=1S/C17H30N4/c1-5-10-18-15-13(4)16(19-11-6-7-12(2)3)21-17(20-15)14-8-9-14/h12,14H,5-11H2,1-4H3,(H2,18,19,20,21). The highest BCUT2D eigenvalue weighted by Crippen LogP contribution is 2.39. The SMILES string of the molecule is CCCNc1nc(C2CC2)nc(NCCCC(C)C)c1C. The molecule has 2 rings (SSSR count). The molecule has 1 saturated carbocycles. The minimum absolute atomic E-state index is 0.587. The fraction of sp³-hybridized carbons (Fsp3) is 0.765. The predicted molar refractivity (Wildman–Crippen MR) is 90.1 cm³/mol. The quantitative estimate of drug-likeness (QED) is 0.665. The summed E-state index contributed by atoms with van der Waals surface area (Å²) in [5.41, 5.74) is 1.15. The van der Waals surface area contributed by atoms with E-state index in [9.17, 15) is 0 Å². The van der Waals surface area contributed by atoms with Crippen molar-refractivity contribution in [1.82, 2.24) is 9.97 Å². The van der Waals surface area contributed by atoms with Crippen LogP contribution in [0.5, 0.6) is 0 Å². The van der Waals surface area contributed by atoms with E-state index in [0.717, 1.165) is 48.5 Å². The molecule has 1 aromatic heterocycles. The lowest BCUT2D eigenvalue weighted by Crippen LogP contribution is -2.12. The van der Waals surface area contributed by atoms with Crippen molar-refractivity contribution in [1.29, 1.82) is 0 Å². The second-order valence-electron chi connectivity index (χ2n) is 6.57. The molecule has 1 aliphatic rings. The third-order valence-corrected chi connectivity index (χ3v) is 3.90. The Balaban J connectivity index is 2.04. The van der Waals surface area contributed by atoms with E-state index in [1.54, 1.807) is 0 Å². The van der Waals surface area contributed by atoms with Gasteiger partial charge in [0.2, 0.25) is 0 Å². The molecule has 0 spiro atoms. The van der Waals surface area contributed by atoms with Crippen molar-refractivity contribution >= 4 is 11.6 Å². The van der Waals surface area contributed by atoms with Gasteiger partial charge in [0.25, 0.3) is 0 Å². The molecule has 1 aliphatic carbocycles. The molecule has 0 saturated heterocycles. The molecule has 0 amide bonds. The van der Waals surface area contributed by atoms with Crippen LogP contribution in [0.4, 0.5) is 11.6 Å². The molecule has 0 aromatic carbocycles. The number of anilines is 2. The van der Waals surface area contributed by atoms with Gasteiger partial charge in [-0.25, -0.2) is 9.97 Å². The zero-order valence-electron chi connectivity index (χ0n) is 14.0. The highest BCUT2D eigenvalue weighted by Gasteiger charge is 2.28. The molecule has 0 aliphatic heterocycles. The van der Waals surface area contributed by atoms with E-state index in [1.807, 2.05) is 0 Å². The summed E-state index contributed by atoms with van der Waals surface area (Å²) >= 11 is 0. The van der Waals surface area contributed by atoms with Crippen molar-refractivity contribution in [2.75, 3.05) is 23.7 Å². The molecule has 0 unspecified atom stereocenters. The van der Waals surface area contributed by atoms with Crippen molar-refractivity contribution in [3.05, 3.63) is 11.4 Å². The van der Waals surface area contributed by atoms with Gasteiger partial charge in [-0.2, -0.15) is 0 Å². The Labute approximate surface area is 129 Å². The van der Waals surface area contributed by atoms with Crippen LogP contribution in [0.3, 0.4) is 0 Å². The zero-order valence-corrected chi connectivity index (χ0v) is 14.0. The molecule has 1 heterocycles. The summed E-state index contributed by atoms with van der Waals surface area (Å²) < 4.78 is 0. The van der Waals surface area contributed by atoms with E-state index in [-0.39, 0.29) is 0 Å². The van der Waals surface area contributed by atoms with E-state index in [4.69, 9.17) is 9.97 Å². The summed E-state index contributed by atoms with van der Waals surface area (Å²) in [6.07, 6.45) is 6.04. The van der Waals surface area contributed by atoms with Crippen LogP contribution in [0.1, 0.15) is 70.2 Å². The predicted octanol–water partition coefficient (Wildman–Crippen LogP) is 4.33. The summed E-state index contributed by atoms with van der Waals surface area (Å²) in [5, 5.41) is 6.96. The number of nitrogens with one attached hydrogen (secondary N) is 2. The van der Waals surface area contributed by atoms with Crippen molar-refractivity contribution in [3.63, 3.8) is 0 Å². The Morgan fingerprint density at radius 2 is 1.71 bits per heavy atom. The van der Waals surface area contributed by atoms with Gasteiger partial charge < -0.3 is 10.6 Å². The first-order chi connectivity index (χ1) is 10.1. The maximum absolute atomic E-state index is 4.76. The molecule has 0 bridgehead atoms. The summed E-state index contributed by atoms with van der Waals surface area (Å²) in [4.78, 5) is 9.48. The third kappa shape index (κ3) is 4.87. The van der Waals surface area contributed by atoms with Crippen LogP contribution in [0.15, 0.2) is 0 Å². The maximum atomic E-state index is 4.76. The summed E-state index contributed by atoms with van der Waals surface area (Å²) in [6, 6.07) is 0. The molecule has 2 N–H and O–H groups in total. The average Bonchev–Trinajstić information content (AvgIpc) is 3.28. The monoisotopic (exact) mass is 290 g/mol. The number of nitrogens with zero attached hydrogens (tertiary/aromatic N) is 2. The first-order valence-corrected chi connectivity index (χ1v) is 8.48. The topological polar surface area (TPSA) is 49.8 Å². The minimum Gasteiger partial charge on any atom is -0.370 e. The molecule has 0 atom stereocenters. The van der Waals surface area contributed by atoms with Crippen LogP contribution in [-0.4, -0.2) is 23.1 Å². The Hall–Kier alpha value is -1.32. The van der Waals surface area contributed by atoms with Gasteiger partial charge in [-0.3, -0.25) is 0 Å². The van der Waals surface area contributed by atoms with Gasteiger partial charge in [0.15, 0.2) is 0 Å². The molecule has 21 heavy (non-hydrogen) atoms. The Morgan fingerprint density at radius 1 is 1.10 bits per heavy atom. The molecule has 118 valence electrons. The largest absolute Gasteiger partial charge is 0.370 e. The highest BCUT2D eigenvalue weighted by atomic mass is 15.1. The Bertz CT molecular complexity index is 452. The first-order valence-electron chi connectivity index (χ1n) is 8.48. The molecular weight excluding hydrogens is 260 g/mol. The van der Waals surface area contributed by atoms with Crippen molar-refractivity contribution in [2.45, 2.75) is 65.7 Å². The van der Waals surface area contributed by atoms with E-state index in [2.05, 4.69) is 38.3 Å². The van der Waals surface area contributed by atoms with Crippen LogP contribution in [-0.2, 0) is 0 Å². The van der Waals surface area contributed by atoms with Crippen LogP contribution in [0, 0.1) is 12.8 Å². The summed E-state index contributed by atoms with van der Waals surface area (Å²) in [6.45, 7) is 10.8.